The first-order chi connectivity index (χ1) is 7.24. The highest BCUT2D eigenvalue weighted by Crippen LogP contribution is 2.20. The van der Waals surface area contributed by atoms with Crippen LogP contribution in [0.1, 0.15) is 11.4 Å². The van der Waals surface area contributed by atoms with E-state index in [9.17, 15) is 4.39 Å². The standard InChI is InChI=1S/C11H10ClFN2/c1-8-14-5-6-15(8)11-4-2-3-10(13)9(11)7-12/h2-6H,7H2,1H3. The molecule has 78 valence electrons. The molecule has 2 aromatic rings. The van der Waals surface area contributed by atoms with Crippen molar-refractivity contribution < 1.29 is 4.39 Å². The van der Waals surface area contributed by atoms with Crippen molar-refractivity contribution in [3.05, 3.63) is 47.8 Å². The smallest absolute Gasteiger partial charge is 0.129 e. The number of hydrogen-bond donors (Lipinski definition) is 0. The van der Waals surface area contributed by atoms with E-state index in [-0.39, 0.29) is 11.7 Å². The fraction of sp³-hybridized carbons (Fsp3) is 0.182. The Bertz CT molecular complexity index is 479. The van der Waals surface area contributed by atoms with Gasteiger partial charge in [-0.1, -0.05) is 6.07 Å². The van der Waals surface area contributed by atoms with E-state index in [1.165, 1.54) is 6.07 Å². The van der Waals surface area contributed by atoms with Crippen LogP contribution < -0.4 is 0 Å². The van der Waals surface area contributed by atoms with Crippen LogP contribution in [0.15, 0.2) is 30.6 Å². The zero-order valence-electron chi connectivity index (χ0n) is 8.24. The summed E-state index contributed by atoms with van der Waals surface area (Å²) in [5.41, 5.74) is 1.25. The molecule has 1 aromatic heterocycles. The summed E-state index contributed by atoms with van der Waals surface area (Å²) in [7, 11) is 0. The molecule has 1 aromatic carbocycles. The molecule has 0 amide bonds. The molecule has 0 radical (unpaired) electrons. The Labute approximate surface area is 92.3 Å². The number of halogens is 2. The third-order valence-corrected chi connectivity index (χ3v) is 2.58. The zero-order chi connectivity index (χ0) is 10.8. The highest BCUT2D eigenvalue weighted by atomic mass is 35.5. The Kier molecular flexibility index (Phi) is 2.73. The molecule has 0 bridgehead atoms. The lowest BCUT2D eigenvalue weighted by Crippen LogP contribution is -2.01. The van der Waals surface area contributed by atoms with Crippen LogP contribution in [0.4, 0.5) is 4.39 Å². The highest BCUT2D eigenvalue weighted by molar-refractivity contribution is 6.17. The van der Waals surface area contributed by atoms with Gasteiger partial charge in [0.1, 0.15) is 11.6 Å². The first-order valence-corrected chi connectivity index (χ1v) is 5.11. The van der Waals surface area contributed by atoms with Gasteiger partial charge in [-0.2, -0.15) is 0 Å². The topological polar surface area (TPSA) is 17.8 Å². The van der Waals surface area contributed by atoms with Gasteiger partial charge in [0.05, 0.1) is 11.6 Å². The summed E-state index contributed by atoms with van der Waals surface area (Å²) in [6.07, 6.45) is 3.47. The van der Waals surface area contributed by atoms with E-state index in [0.717, 1.165) is 11.5 Å². The van der Waals surface area contributed by atoms with Crippen LogP contribution in [0.5, 0.6) is 0 Å². The van der Waals surface area contributed by atoms with E-state index in [1.807, 2.05) is 17.6 Å². The molecule has 1 heterocycles. The highest BCUT2D eigenvalue weighted by Gasteiger charge is 2.09. The van der Waals surface area contributed by atoms with Gasteiger partial charge in [-0.15, -0.1) is 11.6 Å². The number of imidazole rings is 1. The second-order valence-corrected chi connectivity index (χ2v) is 3.48. The van der Waals surface area contributed by atoms with Crippen LogP contribution in [-0.4, -0.2) is 9.55 Å². The second-order valence-electron chi connectivity index (χ2n) is 3.22. The third-order valence-electron chi connectivity index (χ3n) is 2.31. The van der Waals surface area contributed by atoms with E-state index in [4.69, 9.17) is 11.6 Å². The molecule has 0 aliphatic rings. The van der Waals surface area contributed by atoms with Crippen LogP contribution in [0.3, 0.4) is 0 Å². The molecular weight excluding hydrogens is 215 g/mol. The summed E-state index contributed by atoms with van der Waals surface area (Å²) in [4.78, 5) is 4.10. The lowest BCUT2D eigenvalue weighted by Gasteiger charge is -2.10. The SMILES string of the molecule is Cc1nccn1-c1cccc(F)c1CCl. The average Bonchev–Trinajstić information content (AvgIpc) is 2.64. The molecule has 4 heteroatoms. The zero-order valence-corrected chi connectivity index (χ0v) is 9.00. The normalized spacial score (nSPS) is 10.6. The van der Waals surface area contributed by atoms with Crippen LogP contribution >= 0.6 is 11.6 Å². The second kappa shape index (κ2) is 4.03. The molecule has 0 N–H and O–H groups in total. The van der Waals surface area contributed by atoms with Crippen molar-refractivity contribution in [2.45, 2.75) is 12.8 Å². The maximum atomic E-state index is 13.5. The molecule has 0 unspecified atom stereocenters. The number of aromatic nitrogens is 2. The fourth-order valence-corrected chi connectivity index (χ4v) is 1.80. The lowest BCUT2D eigenvalue weighted by atomic mass is 10.2. The van der Waals surface area contributed by atoms with Gasteiger partial charge in [0.15, 0.2) is 0 Å². The Morgan fingerprint density at radius 1 is 1.47 bits per heavy atom. The third kappa shape index (κ3) is 1.75. The van der Waals surface area contributed by atoms with Gasteiger partial charge in [-0.05, 0) is 19.1 Å². The minimum Gasteiger partial charge on any atom is -0.304 e. The van der Waals surface area contributed by atoms with E-state index < -0.39 is 0 Å². The van der Waals surface area contributed by atoms with Crippen LogP contribution in [0.25, 0.3) is 5.69 Å². The summed E-state index contributed by atoms with van der Waals surface area (Å²) in [5.74, 6) is 0.683. The van der Waals surface area contributed by atoms with Crippen molar-refractivity contribution in [2.75, 3.05) is 0 Å². The number of alkyl halides is 1. The van der Waals surface area contributed by atoms with E-state index in [0.29, 0.717) is 5.56 Å². The molecule has 0 atom stereocenters. The Morgan fingerprint density at radius 3 is 2.87 bits per heavy atom. The van der Waals surface area contributed by atoms with E-state index in [1.54, 1.807) is 18.5 Å². The lowest BCUT2D eigenvalue weighted by molar-refractivity contribution is 0.615. The first-order valence-electron chi connectivity index (χ1n) is 4.57. The van der Waals surface area contributed by atoms with Crippen molar-refractivity contribution in [3.8, 4) is 5.69 Å². The van der Waals surface area contributed by atoms with Gasteiger partial charge in [0, 0.05) is 18.0 Å². The number of benzene rings is 1. The summed E-state index contributed by atoms with van der Waals surface area (Å²) in [5, 5.41) is 0. The van der Waals surface area contributed by atoms with Crippen molar-refractivity contribution in [2.24, 2.45) is 0 Å². The number of aryl methyl sites for hydroxylation is 1. The fourth-order valence-electron chi connectivity index (χ4n) is 1.54. The number of rotatable bonds is 2. The number of hydrogen-bond acceptors (Lipinski definition) is 1. The Balaban J connectivity index is 2.63. The predicted molar refractivity (Wildman–Crippen MR) is 57.8 cm³/mol. The summed E-state index contributed by atoms with van der Waals surface area (Å²) in [6.45, 7) is 1.86. The van der Waals surface area contributed by atoms with Crippen LogP contribution in [0.2, 0.25) is 0 Å². The molecule has 0 spiro atoms. The molecule has 15 heavy (non-hydrogen) atoms. The monoisotopic (exact) mass is 224 g/mol. The predicted octanol–water partition coefficient (Wildman–Crippen LogP) is 3.06. The van der Waals surface area contributed by atoms with E-state index in [2.05, 4.69) is 4.98 Å². The molecule has 0 saturated carbocycles. The van der Waals surface area contributed by atoms with Gasteiger partial charge in [-0.3, -0.25) is 0 Å². The first kappa shape index (κ1) is 10.2. The van der Waals surface area contributed by atoms with Crippen molar-refractivity contribution in [1.29, 1.82) is 0 Å². The van der Waals surface area contributed by atoms with Gasteiger partial charge in [0.2, 0.25) is 0 Å². The molecular formula is C11H10ClFN2. The minimum atomic E-state index is -0.282. The molecule has 0 saturated heterocycles. The van der Waals surface area contributed by atoms with Gasteiger partial charge < -0.3 is 4.57 Å². The Morgan fingerprint density at radius 2 is 2.27 bits per heavy atom. The molecule has 2 nitrogen and oxygen atoms in total. The van der Waals surface area contributed by atoms with Crippen LogP contribution in [-0.2, 0) is 5.88 Å². The van der Waals surface area contributed by atoms with Crippen LogP contribution in [0, 0.1) is 12.7 Å². The minimum absolute atomic E-state index is 0.152. The van der Waals surface area contributed by atoms with Crippen molar-refractivity contribution >= 4 is 11.6 Å². The summed E-state index contributed by atoms with van der Waals surface area (Å²) in [6, 6.07) is 4.91. The number of nitrogens with zero attached hydrogens (tertiary/aromatic N) is 2. The molecule has 2 rings (SSSR count). The van der Waals surface area contributed by atoms with E-state index >= 15 is 0 Å². The maximum absolute atomic E-state index is 13.5. The molecule has 0 fully saturated rings. The summed E-state index contributed by atoms with van der Waals surface area (Å²) >= 11 is 5.73. The van der Waals surface area contributed by atoms with Gasteiger partial charge >= 0.3 is 0 Å². The molecule has 0 aliphatic carbocycles. The average molecular weight is 225 g/mol. The van der Waals surface area contributed by atoms with Gasteiger partial charge in [-0.25, -0.2) is 9.37 Å². The summed E-state index contributed by atoms with van der Waals surface area (Å²) < 4.78 is 15.3. The van der Waals surface area contributed by atoms with Gasteiger partial charge in [0.25, 0.3) is 0 Å². The van der Waals surface area contributed by atoms with Crippen molar-refractivity contribution in [1.82, 2.24) is 9.55 Å². The maximum Gasteiger partial charge on any atom is 0.129 e. The molecule has 0 aliphatic heterocycles. The Hall–Kier alpha value is -1.35. The largest absolute Gasteiger partial charge is 0.304 e. The van der Waals surface area contributed by atoms with Crippen molar-refractivity contribution in [3.63, 3.8) is 0 Å². The quantitative estimate of drug-likeness (QED) is 0.717.